The summed E-state index contributed by atoms with van der Waals surface area (Å²) in [7, 11) is 0. The Hall–Kier alpha value is -4.11. The van der Waals surface area contributed by atoms with Crippen molar-refractivity contribution in [3.63, 3.8) is 0 Å². The smallest absolute Gasteiger partial charge is 0.341 e. The lowest BCUT2D eigenvalue weighted by Crippen LogP contribution is -2.17. The first-order chi connectivity index (χ1) is 16.7. The van der Waals surface area contributed by atoms with Crippen LogP contribution < -0.4 is 14.8 Å². The second kappa shape index (κ2) is 9.80. The highest BCUT2D eigenvalue weighted by Gasteiger charge is 2.26. The molecule has 1 atom stereocenters. The summed E-state index contributed by atoms with van der Waals surface area (Å²) in [4.78, 5) is 15.4. The zero-order valence-electron chi connectivity index (χ0n) is 17.9. The van der Waals surface area contributed by atoms with E-state index in [1.165, 1.54) is 17.3 Å². The van der Waals surface area contributed by atoms with Gasteiger partial charge in [-0.2, -0.15) is 4.98 Å². The van der Waals surface area contributed by atoms with Gasteiger partial charge in [-0.15, -0.1) is 10.2 Å². The number of hydrogen-bond acceptors (Lipinski definition) is 8. The van der Waals surface area contributed by atoms with Crippen LogP contribution in [0.4, 0.5) is 5.69 Å². The molecule has 0 saturated carbocycles. The van der Waals surface area contributed by atoms with E-state index in [0.29, 0.717) is 22.5 Å². The number of benzene rings is 3. The Morgan fingerprint density at radius 3 is 2.56 bits per heavy atom. The lowest BCUT2D eigenvalue weighted by Gasteiger charge is -2.19. The van der Waals surface area contributed by atoms with E-state index in [0.717, 1.165) is 22.6 Å². The molecule has 8 nitrogen and oxygen atoms in total. The Labute approximate surface area is 200 Å². The van der Waals surface area contributed by atoms with Crippen LogP contribution in [0.2, 0.25) is 0 Å². The summed E-state index contributed by atoms with van der Waals surface area (Å²) < 4.78 is 11.5. The van der Waals surface area contributed by atoms with Gasteiger partial charge >= 0.3 is 5.97 Å². The van der Waals surface area contributed by atoms with Gasteiger partial charge in [-0.1, -0.05) is 60.3 Å². The first kappa shape index (κ1) is 21.7. The van der Waals surface area contributed by atoms with E-state index in [4.69, 9.17) is 14.6 Å². The third-order valence-electron chi connectivity index (χ3n) is 5.09. The Balaban J connectivity index is 1.42. The van der Waals surface area contributed by atoms with E-state index in [1.54, 1.807) is 12.1 Å². The van der Waals surface area contributed by atoms with Crippen LogP contribution in [0.3, 0.4) is 0 Å². The third-order valence-corrected chi connectivity index (χ3v) is 6.00. The van der Waals surface area contributed by atoms with Crippen LogP contribution in [0.1, 0.15) is 17.4 Å². The first-order valence-corrected chi connectivity index (χ1v) is 11.5. The second-order valence-corrected chi connectivity index (χ2v) is 8.40. The van der Waals surface area contributed by atoms with Gasteiger partial charge in [0.2, 0.25) is 11.0 Å². The number of aliphatic carboxylic acids is 1. The summed E-state index contributed by atoms with van der Waals surface area (Å²) in [6.07, 6.45) is -0.542. The van der Waals surface area contributed by atoms with Crippen molar-refractivity contribution in [2.75, 3.05) is 11.9 Å². The van der Waals surface area contributed by atoms with Crippen molar-refractivity contribution < 1.29 is 19.4 Å². The van der Waals surface area contributed by atoms with E-state index in [1.807, 2.05) is 54.6 Å². The monoisotopic (exact) mass is 472 g/mol. The standard InChI is InChI=1S/C25H20N4O4S/c30-21(31)14-32-18-12-10-17(11-13-18)23-26-20-9-5-4-8-19(20)22-24(33-23)27-25(29-28-22)34-15-16-6-2-1-3-7-16/h1-13,23,26H,14-15H2,(H,30,31)/t23-/m0/s1. The molecule has 0 unspecified atom stereocenters. The zero-order valence-corrected chi connectivity index (χ0v) is 18.7. The molecule has 1 aliphatic heterocycles. The molecule has 0 radical (unpaired) electrons. The number of nitrogens with zero attached hydrogens (tertiary/aromatic N) is 3. The predicted octanol–water partition coefficient (Wildman–Crippen LogP) is 4.80. The topological polar surface area (TPSA) is 106 Å². The van der Waals surface area contributed by atoms with Crippen molar-refractivity contribution >= 4 is 23.4 Å². The molecule has 4 aromatic rings. The van der Waals surface area contributed by atoms with Gasteiger partial charge in [0, 0.05) is 22.6 Å². The van der Waals surface area contributed by atoms with Crippen molar-refractivity contribution in [2.45, 2.75) is 17.1 Å². The molecule has 34 heavy (non-hydrogen) atoms. The molecule has 0 saturated heterocycles. The number of hydrogen-bond donors (Lipinski definition) is 2. The van der Waals surface area contributed by atoms with Gasteiger partial charge in [-0.05, 0) is 35.9 Å². The third kappa shape index (κ3) is 4.94. The molecule has 3 aromatic carbocycles. The fourth-order valence-electron chi connectivity index (χ4n) is 3.47. The van der Waals surface area contributed by atoms with Crippen LogP contribution in [0.25, 0.3) is 11.3 Å². The number of carboxylic acid groups (broad SMARTS) is 1. The summed E-state index contributed by atoms with van der Waals surface area (Å²) in [5.41, 5.74) is 4.25. The van der Waals surface area contributed by atoms with Crippen molar-refractivity contribution in [3.8, 4) is 22.9 Å². The van der Waals surface area contributed by atoms with Gasteiger partial charge in [-0.3, -0.25) is 0 Å². The summed E-state index contributed by atoms with van der Waals surface area (Å²) in [5.74, 6) is 0.541. The Morgan fingerprint density at radius 2 is 1.76 bits per heavy atom. The molecule has 0 amide bonds. The van der Waals surface area contributed by atoms with Crippen molar-refractivity contribution in [1.82, 2.24) is 15.2 Å². The minimum absolute atomic E-state index is 0.388. The number of fused-ring (bicyclic) bond motifs is 3. The molecule has 1 aromatic heterocycles. The van der Waals surface area contributed by atoms with E-state index in [9.17, 15) is 4.79 Å². The molecule has 0 aliphatic carbocycles. The van der Waals surface area contributed by atoms with Crippen LogP contribution in [-0.4, -0.2) is 32.9 Å². The van der Waals surface area contributed by atoms with Crippen molar-refractivity contribution in [1.29, 1.82) is 0 Å². The molecule has 0 spiro atoms. The number of rotatable bonds is 7. The summed E-state index contributed by atoms with van der Waals surface area (Å²) in [6.45, 7) is -0.399. The number of carbonyl (C=O) groups is 1. The Kier molecular flexibility index (Phi) is 6.26. The van der Waals surface area contributed by atoms with Gasteiger partial charge in [0.25, 0.3) is 0 Å². The average molecular weight is 473 g/mol. The molecule has 2 heterocycles. The summed E-state index contributed by atoms with van der Waals surface area (Å²) in [5, 5.41) is 21.5. The summed E-state index contributed by atoms with van der Waals surface area (Å²) in [6, 6.07) is 24.9. The average Bonchev–Trinajstić information content (AvgIpc) is 3.03. The number of thioether (sulfide) groups is 1. The number of carboxylic acids is 1. The molecular weight excluding hydrogens is 452 g/mol. The highest BCUT2D eigenvalue weighted by molar-refractivity contribution is 7.98. The van der Waals surface area contributed by atoms with E-state index in [2.05, 4.69) is 32.6 Å². The number of nitrogens with one attached hydrogen (secondary N) is 1. The van der Waals surface area contributed by atoms with Crippen molar-refractivity contribution in [2.24, 2.45) is 0 Å². The van der Waals surface area contributed by atoms with Crippen LogP contribution >= 0.6 is 11.8 Å². The van der Waals surface area contributed by atoms with E-state index >= 15 is 0 Å². The summed E-state index contributed by atoms with van der Waals surface area (Å²) >= 11 is 1.49. The van der Waals surface area contributed by atoms with E-state index in [-0.39, 0.29) is 0 Å². The lowest BCUT2D eigenvalue weighted by molar-refractivity contribution is -0.139. The van der Waals surface area contributed by atoms with Crippen LogP contribution in [-0.2, 0) is 10.5 Å². The second-order valence-electron chi connectivity index (χ2n) is 7.46. The highest BCUT2D eigenvalue weighted by Crippen LogP contribution is 2.39. The fraction of sp³-hybridized carbons (Fsp3) is 0.120. The molecule has 0 fully saturated rings. The number of anilines is 1. The van der Waals surface area contributed by atoms with Crippen molar-refractivity contribution in [3.05, 3.63) is 90.0 Å². The first-order valence-electron chi connectivity index (χ1n) is 10.5. The Morgan fingerprint density at radius 1 is 1.00 bits per heavy atom. The molecule has 1 aliphatic rings. The predicted molar refractivity (Wildman–Crippen MR) is 128 cm³/mol. The zero-order chi connectivity index (χ0) is 23.3. The maximum Gasteiger partial charge on any atom is 0.341 e. The number of para-hydroxylation sites is 1. The van der Waals surface area contributed by atoms with Gasteiger partial charge < -0.3 is 19.9 Å². The molecular formula is C25H20N4O4S. The number of aromatic nitrogens is 3. The molecule has 0 bridgehead atoms. The highest BCUT2D eigenvalue weighted by atomic mass is 32.2. The lowest BCUT2D eigenvalue weighted by atomic mass is 10.1. The molecule has 5 rings (SSSR count). The SMILES string of the molecule is O=C(O)COc1ccc([C@H]2Nc3ccccc3-c3nnc(SCc4ccccc4)nc3O2)cc1. The maximum atomic E-state index is 10.7. The molecule has 2 N–H and O–H groups in total. The normalized spacial score (nSPS) is 14.1. The minimum Gasteiger partial charge on any atom is -0.482 e. The molecule has 170 valence electrons. The quantitative estimate of drug-likeness (QED) is 0.367. The van der Waals surface area contributed by atoms with Crippen LogP contribution in [0, 0.1) is 0 Å². The molecule has 9 heteroatoms. The largest absolute Gasteiger partial charge is 0.482 e. The minimum atomic E-state index is -1.03. The van der Waals surface area contributed by atoms with Gasteiger partial charge in [0.1, 0.15) is 5.75 Å². The van der Waals surface area contributed by atoms with Crippen LogP contribution in [0.15, 0.2) is 84.0 Å². The number of ether oxygens (including phenoxy) is 2. The van der Waals surface area contributed by atoms with Crippen LogP contribution in [0.5, 0.6) is 11.6 Å². The van der Waals surface area contributed by atoms with Gasteiger partial charge in [-0.25, -0.2) is 4.79 Å². The Bertz CT molecular complexity index is 1300. The fourth-order valence-corrected chi connectivity index (χ4v) is 4.20. The van der Waals surface area contributed by atoms with E-state index < -0.39 is 18.8 Å². The maximum absolute atomic E-state index is 10.7. The van der Waals surface area contributed by atoms with Gasteiger partial charge in [0.15, 0.2) is 18.5 Å². The van der Waals surface area contributed by atoms with Gasteiger partial charge in [0.05, 0.1) is 0 Å².